The molecule has 0 bridgehead atoms. The maximum absolute atomic E-state index is 12.9. The maximum Gasteiger partial charge on any atom is 0.389 e. The van der Waals surface area contributed by atoms with Crippen LogP contribution in [0.1, 0.15) is 77.9 Å². The van der Waals surface area contributed by atoms with Crippen molar-refractivity contribution in [2.24, 2.45) is 0 Å². The van der Waals surface area contributed by atoms with E-state index in [4.69, 9.17) is 13.8 Å². The minimum atomic E-state index is -4.09. The van der Waals surface area contributed by atoms with Crippen LogP contribution in [-0.2, 0) is 31.5 Å². The highest BCUT2D eigenvalue weighted by molar-refractivity contribution is 7.60. The molecule has 1 rings (SSSR count). The summed E-state index contributed by atoms with van der Waals surface area (Å²) < 4.78 is 65.2. The van der Waals surface area contributed by atoms with Gasteiger partial charge in [0.1, 0.15) is 11.3 Å². The summed E-state index contributed by atoms with van der Waals surface area (Å²) in [6.45, 7) is 8.42. The van der Waals surface area contributed by atoms with Gasteiger partial charge in [-0.2, -0.15) is 18.2 Å². The van der Waals surface area contributed by atoms with Crippen LogP contribution in [-0.4, -0.2) is 46.8 Å². The number of carbonyl (C=O) groups is 1. The average Bonchev–Trinajstić information content (AvgIpc) is 3.03. The van der Waals surface area contributed by atoms with Gasteiger partial charge in [-0.3, -0.25) is 9.36 Å². The summed E-state index contributed by atoms with van der Waals surface area (Å²) in [4.78, 5) is 16.9. The molecule has 180 valence electrons. The maximum atomic E-state index is 12.9. The monoisotopic (exact) mass is 470 g/mol. The number of halogens is 3. The van der Waals surface area contributed by atoms with Crippen LogP contribution in [0.3, 0.4) is 0 Å². The van der Waals surface area contributed by atoms with Gasteiger partial charge in [0.25, 0.3) is 0 Å². The van der Waals surface area contributed by atoms with Gasteiger partial charge < -0.3 is 13.8 Å². The van der Waals surface area contributed by atoms with E-state index < -0.39 is 37.2 Å². The Morgan fingerprint density at radius 3 is 2.32 bits per heavy atom. The Labute approximate surface area is 181 Å². The van der Waals surface area contributed by atoms with E-state index in [1.807, 2.05) is 0 Å². The molecule has 1 heterocycles. The minimum Gasteiger partial charge on any atom is -0.459 e. The van der Waals surface area contributed by atoms with Crippen LogP contribution in [0.15, 0.2) is 4.52 Å². The van der Waals surface area contributed by atoms with Crippen LogP contribution in [0.25, 0.3) is 0 Å². The zero-order valence-corrected chi connectivity index (χ0v) is 19.9. The summed E-state index contributed by atoms with van der Waals surface area (Å²) in [5, 5.41) is 3.88. The van der Waals surface area contributed by atoms with Crippen LogP contribution < -0.4 is 0 Å². The lowest BCUT2D eigenvalue weighted by molar-refractivity contribution is -0.154. The number of nitrogens with zero attached hydrogens (tertiary/aromatic N) is 2. The second-order valence-electron chi connectivity index (χ2n) is 8.57. The number of esters is 1. The van der Waals surface area contributed by atoms with Gasteiger partial charge in [0.15, 0.2) is 5.82 Å². The SMILES string of the molecule is CCOP(C)(=O)C(Cc1nc(CCCCCCCC(F)(F)F)no1)C(=O)OC(C)(C)C. The predicted molar refractivity (Wildman–Crippen MR) is 110 cm³/mol. The first-order valence-corrected chi connectivity index (χ1v) is 12.7. The van der Waals surface area contributed by atoms with Gasteiger partial charge in [0.2, 0.25) is 13.3 Å². The van der Waals surface area contributed by atoms with E-state index in [-0.39, 0.29) is 25.3 Å². The predicted octanol–water partition coefficient (Wildman–Crippen LogP) is 5.71. The van der Waals surface area contributed by atoms with Crippen LogP contribution in [0.2, 0.25) is 0 Å². The molecule has 0 N–H and O–H groups in total. The zero-order valence-electron chi connectivity index (χ0n) is 19.0. The van der Waals surface area contributed by atoms with Crippen molar-refractivity contribution >= 4 is 13.3 Å². The number of unbranched alkanes of at least 4 members (excludes halogenated alkanes) is 4. The Balaban J connectivity index is 2.59. The summed E-state index contributed by atoms with van der Waals surface area (Å²) in [6, 6.07) is 0. The highest BCUT2D eigenvalue weighted by atomic mass is 31.2. The third-order valence-corrected chi connectivity index (χ3v) is 6.67. The van der Waals surface area contributed by atoms with Crippen molar-refractivity contribution in [2.75, 3.05) is 13.3 Å². The molecule has 0 saturated carbocycles. The van der Waals surface area contributed by atoms with Crippen molar-refractivity contribution in [1.82, 2.24) is 10.1 Å². The number of aromatic nitrogens is 2. The van der Waals surface area contributed by atoms with Crippen molar-refractivity contribution < 1.29 is 36.3 Å². The fourth-order valence-electron chi connectivity index (χ4n) is 2.94. The Morgan fingerprint density at radius 2 is 1.74 bits per heavy atom. The molecular weight excluding hydrogens is 436 g/mol. The molecule has 0 aliphatic heterocycles. The van der Waals surface area contributed by atoms with Crippen LogP contribution in [0, 0.1) is 0 Å². The summed E-state index contributed by atoms with van der Waals surface area (Å²) in [5.74, 6) is -0.0428. The van der Waals surface area contributed by atoms with E-state index in [1.54, 1.807) is 27.7 Å². The fourth-order valence-corrected chi connectivity index (χ4v) is 4.55. The van der Waals surface area contributed by atoms with Gasteiger partial charge in [0.05, 0.1) is 6.61 Å². The number of hydrogen-bond acceptors (Lipinski definition) is 7. The molecule has 0 radical (unpaired) electrons. The molecule has 0 saturated heterocycles. The van der Waals surface area contributed by atoms with Gasteiger partial charge in [-0.15, -0.1) is 0 Å². The number of rotatable bonds is 13. The topological polar surface area (TPSA) is 91.5 Å². The quantitative estimate of drug-likeness (QED) is 0.207. The van der Waals surface area contributed by atoms with Crippen molar-refractivity contribution in [3.63, 3.8) is 0 Å². The molecule has 31 heavy (non-hydrogen) atoms. The van der Waals surface area contributed by atoms with E-state index in [0.29, 0.717) is 31.5 Å². The number of ether oxygens (including phenoxy) is 1. The molecule has 1 aromatic heterocycles. The third-order valence-electron chi connectivity index (χ3n) is 4.37. The molecule has 0 aliphatic rings. The van der Waals surface area contributed by atoms with Gasteiger partial charge in [0, 0.05) is 25.9 Å². The number of hydrogen-bond donors (Lipinski definition) is 0. The van der Waals surface area contributed by atoms with Gasteiger partial charge in [-0.25, -0.2) is 0 Å². The summed E-state index contributed by atoms with van der Waals surface area (Å²) in [7, 11) is -3.33. The molecule has 2 unspecified atom stereocenters. The minimum absolute atomic E-state index is 0.0624. The molecule has 0 aliphatic carbocycles. The Morgan fingerprint density at radius 1 is 1.13 bits per heavy atom. The first-order chi connectivity index (χ1) is 14.2. The van der Waals surface area contributed by atoms with Gasteiger partial charge in [-0.1, -0.05) is 24.4 Å². The molecule has 1 aromatic rings. The lowest BCUT2D eigenvalue weighted by atomic mass is 10.1. The standard InChI is InChI=1S/C20H34F3N2O5P/c1-6-28-31(5,27)15(18(26)29-19(2,3)4)14-17-24-16(25-30-17)12-10-8-7-9-11-13-20(21,22)23/h15H,6-14H2,1-5H3. The number of aryl methyl sites for hydroxylation is 1. The highest BCUT2D eigenvalue weighted by Crippen LogP contribution is 2.50. The van der Waals surface area contributed by atoms with E-state index in [9.17, 15) is 22.5 Å². The Hall–Kier alpha value is -1.41. The van der Waals surface area contributed by atoms with Crippen molar-refractivity contribution in [1.29, 1.82) is 0 Å². The zero-order chi connectivity index (χ0) is 23.7. The van der Waals surface area contributed by atoms with Crippen molar-refractivity contribution in [3.8, 4) is 0 Å². The summed E-state index contributed by atoms with van der Waals surface area (Å²) in [5.41, 5.74) is -1.81. The van der Waals surface area contributed by atoms with Gasteiger partial charge in [-0.05, 0) is 40.5 Å². The van der Waals surface area contributed by atoms with Crippen LogP contribution in [0.4, 0.5) is 13.2 Å². The Kier molecular flexibility index (Phi) is 10.7. The Bertz CT molecular complexity index is 731. The van der Waals surface area contributed by atoms with E-state index >= 15 is 0 Å². The highest BCUT2D eigenvalue weighted by Gasteiger charge is 2.40. The van der Waals surface area contributed by atoms with E-state index in [1.165, 1.54) is 6.66 Å². The molecule has 7 nitrogen and oxygen atoms in total. The fraction of sp³-hybridized carbons (Fsp3) is 0.850. The largest absolute Gasteiger partial charge is 0.459 e. The molecule has 0 spiro atoms. The normalized spacial score (nSPS) is 15.5. The first-order valence-electron chi connectivity index (χ1n) is 10.6. The molecule has 11 heteroatoms. The molecule has 2 atom stereocenters. The van der Waals surface area contributed by atoms with E-state index in [2.05, 4.69) is 10.1 Å². The van der Waals surface area contributed by atoms with E-state index in [0.717, 1.165) is 6.42 Å². The molecule has 0 fully saturated rings. The lowest BCUT2D eigenvalue weighted by Crippen LogP contribution is -2.33. The second kappa shape index (κ2) is 12.0. The van der Waals surface area contributed by atoms with Crippen LogP contribution in [0.5, 0.6) is 0 Å². The van der Waals surface area contributed by atoms with Crippen molar-refractivity contribution in [3.05, 3.63) is 11.7 Å². The van der Waals surface area contributed by atoms with Gasteiger partial charge >= 0.3 is 12.1 Å². The molecule has 0 aromatic carbocycles. The number of alkyl halides is 3. The van der Waals surface area contributed by atoms with Crippen LogP contribution >= 0.6 is 7.37 Å². The van der Waals surface area contributed by atoms with Crippen molar-refractivity contribution in [2.45, 2.75) is 96.5 Å². The second-order valence-corrected chi connectivity index (χ2v) is 11.3. The summed E-state index contributed by atoms with van der Waals surface area (Å²) >= 11 is 0. The third kappa shape index (κ3) is 11.7. The smallest absolute Gasteiger partial charge is 0.389 e. The first kappa shape index (κ1) is 27.6. The molecular formula is C20H34F3N2O5P. The lowest BCUT2D eigenvalue weighted by Gasteiger charge is -2.26. The average molecular weight is 470 g/mol. The molecule has 0 amide bonds. The number of carbonyl (C=O) groups excluding carboxylic acids is 1. The summed E-state index contributed by atoms with van der Waals surface area (Å²) in [6.07, 6.45) is -1.55.